The minimum absolute atomic E-state index is 0.0883. The van der Waals surface area contributed by atoms with E-state index < -0.39 is 39.0 Å². The molecule has 2 N–H and O–H groups in total. The van der Waals surface area contributed by atoms with Gasteiger partial charge in [0.25, 0.3) is 11.6 Å². The van der Waals surface area contributed by atoms with E-state index in [4.69, 9.17) is 21.2 Å². The van der Waals surface area contributed by atoms with Crippen LogP contribution in [0, 0.1) is 10.1 Å². The number of aromatic nitrogens is 1. The summed E-state index contributed by atoms with van der Waals surface area (Å²) in [6.45, 7) is 1.86. The van der Waals surface area contributed by atoms with Crippen LogP contribution in [0.1, 0.15) is 24.6 Å². The maximum absolute atomic E-state index is 13.1. The van der Waals surface area contributed by atoms with Crippen molar-refractivity contribution in [1.29, 1.82) is 0 Å². The Morgan fingerprint density at radius 3 is 2.80 bits per heavy atom. The number of alkyl halides is 1. The van der Waals surface area contributed by atoms with Crippen LogP contribution >= 0.6 is 34.7 Å². The van der Waals surface area contributed by atoms with Gasteiger partial charge in [0.2, 0.25) is 12.3 Å². The molecular weight excluding hydrogens is 588 g/mol. The van der Waals surface area contributed by atoms with E-state index in [1.54, 1.807) is 0 Å². The number of oxime groups is 1. The maximum atomic E-state index is 13.1. The van der Waals surface area contributed by atoms with Crippen LogP contribution in [-0.2, 0) is 35.4 Å². The number of anilines is 1. The molecule has 40 heavy (non-hydrogen) atoms. The molecule has 0 radical (unpaired) electrons. The molecule has 14 nitrogen and oxygen atoms in total. The lowest BCUT2D eigenvalue weighted by Gasteiger charge is -2.52. The number of rotatable bonds is 12. The number of fused-ring (bicyclic) bond motifs is 1. The van der Waals surface area contributed by atoms with Crippen molar-refractivity contribution in [3.8, 4) is 0 Å². The third-order valence-electron chi connectivity index (χ3n) is 5.81. The van der Waals surface area contributed by atoms with Gasteiger partial charge in [-0.1, -0.05) is 12.1 Å². The van der Waals surface area contributed by atoms with Crippen LogP contribution in [0.3, 0.4) is 0 Å². The maximum Gasteiger partial charge on any atom is 0.330 e. The number of esters is 1. The fourth-order valence-corrected chi connectivity index (χ4v) is 6.18. The lowest BCUT2D eigenvalue weighted by molar-refractivity contribution is -0.384. The Bertz CT molecular complexity index is 1340. The number of amides is 3. The molecule has 2 saturated heterocycles. The number of thiazole rings is 1. The first-order chi connectivity index (χ1) is 19.2. The van der Waals surface area contributed by atoms with Crippen LogP contribution in [0.25, 0.3) is 0 Å². The molecule has 3 heterocycles. The van der Waals surface area contributed by atoms with Gasteiger partial charge in [0.1, 0.15) is 30.3 Å². The highest BCUT2D eigenvalue weighted by Crippen LogP contribution is 2.41. The monoisotopic (exact) mass is 610 g/mol. The molecule has 17 heteroatoms. The number of carbonyl (C=O) groups excluding carboxylic acids is 4. The fraction of sp³-hybridized carbons (Fsp3) is 0.391. The lowest BCUT2D eigenvalue weighted by Crippen LogP contribution is -2.74. The number of benzene rings is 1. The molecule has 2 fully saturated rings. The van der Waals surface area contributed by atoms with E-state index in [0.29, 0.717) is 18.4 Å². The number of β-lactam (4-membered cyclic amide) rings is 1. The van der Waals surface area contributed by atoms with Crippen LogP contribution in [0.4, 0.5) is 10.8 Å². The minimum atomic E-state index is -1.50. The highest BCUT2D eigenvalue weighted by molar-refractivity contribution is 8.00. The predicted octanol–water partition coefficient (Wildman–Crippen LogP) is 1.87. The molecule has 0 aliphatic carbocycles. The summed E-state index contributed by atoms with van der Waals surface area (Å²) in [6, 6.07) is 4.66. The summed E-state index contributed by atoms with van der Waals surface area (Å²) in [5, 5.41) is 21.0. The second kappa shape index (κ2) is 12.6. The van der Waals surface area contributed by atoms with E-state index in [0.717, 1.165) is 11.3 Å². The highest BCUT2D eigenvalue weighted by atomic mass is 35.5. The summed E-state index contributed by atoms with van der Waals surface area (Å²) >= 11 is 8.87. The Morgan fingerprint density at radius 1 is 1.38 bits per heavy atom. The van der Waals surface area contributed by atoms with Crippen molar-refractivity contribution >= 4 is 75.4 Å². The SMILES string of the molecule is CCCON=C(C(=O)NC1C(=O)N2CC(Cl)(C(=O)OCc3ccc([N+](=O)[O-])cc3)CS[C@H]12)c1csc(NC=O)n1. The summed E-state index contributed by atoms with van der Waals surface area (Å²) in [5.41, 5.74) is 0.461. The summed E-state index contributed by atoms with van der Waals surface area (Å²) in [4.78, 5) is 68.9. The van der Waals surface area contributed by atoms with Gasteiger partial charge in [0, 0.05) is 23.3 Å². The normalized spacial score (nSPS) is 22.0. The van der Waals surface area contributed by atoms with Crippen molar-refractivity contribution < 1.29 is 33.7 Å². The summed E-state index contributed by atoms with van der Waals surface area (Å²) < 4.78 is 5.33. The smallest absolute Gasteiger partial charge is 0.330 e. The Hall–Kier alpha value is -3.76. The topological polar surface area (TPSA) is 182 Å². The van der Waals surface area contributed by atoms with Crippen molar-refractivity contribution in [2.45, 2.75) is 36.2 Å². The van der Waals surface area contributed by atoms with E-state index in [-0.39, 0.29) is 47.7 Å². The van der Waals surface area contributed by atoms with E-state index >= 15 is 0 Å². The zero-order chi connectivity index (χ0) is 28.9. The molecule has 1 aromatic heterocycles. The molecule has 1 aromatic carbocycles. The summed E-state index contributed by atoms with van der Waals surface area (Å²) in [6.07, 6.45) is 1.11. The first kappa shape index (κ1) is 29.2. The number of hydrogen-bond donors (Lipinski definition) is 2. The van der Waals surface area contributed by atoms with Gasteiger partial charge in [0.05, 0.1) is 11.5 Å². The van der Waals surface area contributed by atoms with Gasteiger partial charge >= 0.3 is 5.97 Å². The molecule has 3 amide bonds. The van der Waals surface area contributed by atoms with Crippen molar-refractivity contribution in [3.63, 3.8) is 0 Å². The number of halogens is 1. The van der Waals surface area contributed by atoms with Gasteiger partial charge in [-0.3, -0.25) is 29.3 Å². The first-order valence-corrected chi connectivity index (χ1v) is 14.2. The number of nitrogens with one attached hydrogen (secondary N) is 2. The van der Waals surface area contributed by atoms with Crippen molar-refractivity contribution in [2.75, 3.05) is 24.2 Å². The van der Waals surface area contributed by atoms with Crippen LogP contribution in [-0.4, -0.2) is 79.9 Å². The predicted molar refractivity (Wildman–Crippen MR) is 146 cm³/mol. The van der Waals surface area contributed by atoms with Crippen molar-refractivity contribution in [3.05, 3.63) is 51.0 Å². The molecule has 2 aromatic rings. The number of nitro groups is 1. The largest absolute Gasteiger partial charge is 0.459 e. The van der Waals surface area contributed by atoms with Crippen LogP contribution in [0.15, 0.2) is 34.8 Å². The van der Waals surface area contributed by atoms with Gasteiger partial charge < -0.3 is 25.1 Å². The van der Waals surface area contributed by atoms with Gasteiger partial charge in [-0.2, -0.15) is 0 Å². The second-order valence-electron chi connectivity index (χ2n) is 8.66. The number of nitrogens with zero attached hydrogens (tertiary/aromatic N) is 4. The minimum Gasteiger partial charge on any atom is -0.459 e. The quantitative estimate of drug-likeness (QED) is 0.0526. The summed E-state index contributed by atoms with van der Waals surface area (Å²) in [5.74, 6) is -1.75. The van der Waals surface area contributed by atoms with Gasteiger partial charge in [-0.25, -0.2) is 4.98 Å². The zero-order valence-corrected chi connectivity index (χ0v) is 23.3. The molecule has 2 unspecified atom stereocenters. The zero-order valence-electron chi connectivity index (χ0n) is 20.9. The third kappa shape index (κ3) is 6.34. The molecule has 3 atom stereocenters. The molecule has 0 saturated carbocycles. The average Bonchev–Trinajstić information content (AvgIpc) is 3.41. The fourth-order valence-electron chi connectivity index (χ4n) is 3.77. The second-order valence-corrected chi connectivity index (χ2v) is 11.3. The Morgan fingerprint density at radius 2 is 2.12 bits per heavy atom. The molecule has 212 valence electrons. The highest BCUT2D eigenvalue weighted by Gasteiger charge is 2.57. The molecule has 0 spiro atoms. The Labute approximate surface area is 240 Å². The number of ether oxygens (including phenoxy) is 1. The van der Waals surface area contributed by atoms with Crippen LogP contribution < -0.4 is 10.6 Å². The average molecular weight is 611 g/mol. The molecule has 2 aliphatic rings. The number of hydrogen-bond acceptors (Lipinski definition) is 12. The van der Waals surface area contributed by atoms with E-state index in [1.165, 1.54) is 46.3 Å². The number of nitro benzene ring substituents is 1. The number of non-ortho nitro benzene ring substituents is 1. The van der Waals surface area contributed by atoms with Gasteiger partial charge in [-0.15, -0.1) is 34.7 Å². The van der Waals surface area contributed by atoms with Crippen LogP contribution in [0.5, 0.6) is 0 Å². The van der Waals surface area contributed by atoms with Gasteiger partial charge in [0.15, 0.2) is 15.7 Å². The number of carbonyl (C=O) groups is 4. The van der Waals surface area contributed by atoms with Gasteiger partial charge in [-0.05, 0) is 24.1 Å². The molecule has 0 bridgehead atoms. The van der Waals surface area contributed by atoms with Crippen molar-refractivity contribution in [2.24, 2.45) is 5.16 Å². The molecule has 4 rings (SSSR count). The number of thioether (sulfide) groups is 1. The standard InChI is InChI=1S/C23H23ClN6O8S2/c1-2-7-38-28-16(15-9-39-22(26-15)25-12-31)18(32)27-17-19(33)29-10-23(24,11-40-20(17)29)21(34)37-8-13-3-5-14(6-4-13)30(35)36/h3-6,9,12,17,20H,2,7-8,10-11H2,1H3,(H,27,32)(H,25,26,31)/t17?,20-,23?/m1/s1. The van der Waals surface area contributed by atoms with E-state index in [2.05, 4.69) is 20.8 Å². The van der Waals surface area contributed by atoms with Crippen molar-refractivity contribution in [1.82, 2.24) is 15.2 Å². The first-order valence-electron chi connectivity index (χ1n) is 11.9. The van der Waals surface area contributed by atoms with Crippen LogP contribution in [0.2, 0.25) is 0 Å². The molecule has 2 aliphatic heterocycles. The third-order valence-corrected chi connectivity index (χ3v) is 8.68. The Kier molecular flexibility index (Phi) is 9.21. The molecular formula is C23H23ClN6O8S2. The lowest BCUT2D eigenvalue weighted by atomic mass is 10.0. The summed E-state index contributed by atoms with van der Waals surface area (Å²) in [7, 11) is 0. The van der Waals surface area contributed by atoms with E-state index in [1.807, 2.05) is 6.92 Å². The Balaban J connectivity index is 1.36. The van der Waals surface area contributed by atoms with E-state index in [9.17, 15) is 29.3 Å².